The van der Waals surface area contributed by atoms with Gasteiger partial charge in [0.25, 0.3) is 0 Å². The number of hydrogen-bond donors (Lipinski definition) is 0. The van der Waals surface area contributed by atoms with Gasteiger partial charge in [-0.1, -0.05) is 19.9 Å². The Morgan fingerprint density at radius 2 is 2.18 bits per heavy atom. The summed E-state index contributed by atoms with van der Waals surface area (Å²) in [5.41, 5.74) is 0. The molecule has 0 radical (unpaired) electrons. The van der Waals surface area contributed by atoms with Crippen molar-refractivity contribution in [1.82, 2.24) is 0 Å². The molecule has 1 heteroatoms. The summed E-state index contributed by atoms with van der Waals surface area (Å²) in [7, 11) is 0. The molecule has 0 fully saturated rings. The summed E-state index contributed by atoms with van der Waals surface area (Å²) >= 11 is 0. The van der Waals surface area contributed by atoms with Gasteiger partial charge in [-0.2, -0.15) is 0 Å². The van der Waals surface area contributed by atoms with Crippen molar-refractivity contribution in [3.8, 4) is 0 Å². The van der Waals surface area contributed by atoms with E-state index in [0.29, 0.717) is 5.78 Å². The summed E-state index contributed by atoms with van der Waals surface area (Å²) in [6, 6.07) is 0. The first-order chi connectivity index (χ1) is 5.26. The van der Waals surface area contributed by atoms with Crippen molar-refractivity contribution in [2.45, 2.75) is 39.5 Å². The second-order valence-electron chi connectivity index (χ2n) is 2.85. The molecule has 0 heterocycles. The quantitative estimate of drug-likeness (QED) is 0.537. The predicted octanol–water partition coefficient (Wildman–Crippen LogP) is 2.96. The van der Waals surface area contributed by atoms with Gasteiger partial charge >= 0.3 is 0 Å². The highest BCUT2D eigenvalue weighted by Crippen LogP contribution is 2.12. The molecule has 1 nitrogen and oxygen atoms in total. The maximum Gasteiger partial charge on any atom is 0.136 e. The molecule has 0 aliphatic carbocycles. The molecule has 0 aromatic rings. The van der Waals surface area contributed by atoms with Crippen LogP contribution in [0.25, 0.3) is 0 Å². The molecule has 0 aromatic heterocycles. The maximum atomic E-state index is 11.3. The molecule has 0 amide bonds. The molecule has 0 aromatic carbocycles. The van der Waals surface area contributed by atoms with Crippen molar-refractivity contribution >= 4 is 5.78 Å². The minimum atomic E-state index is 0.229. The average molecular weight is 154 g/mol. The van der Waals surface area contributed by atoms with Crippen LogP contribution in [0.4, 0.5) is 0 Å². The fourth-order valence-corrected chi connectivity index (χ4v) is 1.18. The number of allylic oxidation sites excluding steroid dienone is 1. The van der Waals surface area contributed by atoms with E-state index in [1.54, 1.807) is 0 Å². The molecule has 0 saturated heterocycles. The molecule has 64 valence electrons. The Labute approximate surface area is 69.5 Å². The fraction of sp³-hybridized carbons (Fsp3) is 0.700. The van der Waals surface area contributed by atoms with E-state index in [4.69, 9.17) is 0 Å². The lowest BCUT2D eigenvalue weighted by atomic mass is 9.95. The highest BCUT2D eigenvalue weighted by Gasteiger charge is 2.12. The molecule has 0 N–H and O–H groups in total. The Morgan fingerprint density at radius 1 is 1.55 bits per heavy atom. The lowest BCUT2D eigenvalue weighted by Gasteiger charge is -2.09. The normalized spacial score (nSPS) is 12.5. The largest absolute Gasteiger partial charge is 0.299 e. The Morgan fingerprint density at radius 3 is 2.55 bits per heavy atom. The Hall–Kier alpha value is -0.590. The van der Waals surface area contributed by atoms with Crippen LogP contribution in [0.5, 0.6) is 0 Å². The van der Waals surface area contributed by atoms with Crippen LogP contribution in [0.15, 0.2) is 12.7 Å². The number of Topliss-reactive ketones (excluding diaryl/α,β-unsaturated/α-hetero) is 1. The lowest BCUT2D eigenvalue weighted by Crippen LogP contribution is -2.11. The molecule has 1 atom stereocenters. The number of ketones is 1. The summed E-state index contributed by atoms with van der Waals surface area (Å²) in [5, 5.41) is 0. The molecular weight excluding hydrogens is 136 g/mol. The summed E-state index contributed by atoms with van der Waals surface area (Å²) < 4.78 is 0. The Balaban J connectivity index is 3.80. The zero-order valence-corrected chi connectivity index (χ0v) is 7.60. The van der Waals surface area contributed by atoms with Crippen molar-refractivity contribution in [3.05, 3.63) is 12.7 Å². The zero-order chi connectivity index (χ0) is 8.69. The SMILES string of the molecule is C=CC[C@H](CC)C(=O)CCC. The average Bonchev–Trinajstić information content (AvgIpc) is 2.00. The topological polar surface area (TPSA) is 17.1 Å². The second-order valence-corrected chi connectivity index (χ2v) is 2.85. The van der Waals surface area contributed by atoms with Crippen LogP contribution in [-0.4, -0.2) is 5.78 Å². The zero-order valence-electron chi connectivity index (χ0n) is 7.60. The highest BCUT2D eigenvalue weighted by atomic mass is 16.1. The minimum absolute atomic E-state index is 0.229. The number of carbonyl (C=O) groups is 1. The second kappa shape index (κ2) is 6.14. The Kier molecular flexibility index (Phi) is 5.81. The monoisotopic (exact) mass is 154 g/mol. The van der Waals surface area contributed by atoms with Crippen LogP contribution in [0.2, 0.25) is 0 Å². The molecule has 11 heavy (non-hydrogen) atoms. The van der Waals surface area contributed by atoms with Gasteiger partial charge in [0.15, 0.2) is 0 Å². The van der Waals surface area contributed by atoms with E-state index < -0.39 is 0 Å². The van der Waals surface area contributed by atoms with Gasteiger partial charge < -0.3 is 0 Å². The van der Waals surface area contributed by atoms with Gasteiger partial charge in [0.2, 0.25) is 0 Å². The highest BCUT2D eigenvalue weighted by molar-refractivity contribution is 5.80. The third-order valence-corrected chi connectivity index (χ3v) is 1.90. The summed E-state index contributed by atoms with van der Waals surface area (Å²) in [6.07, 6.45) is 5.32. The van der Waals surface area contributed by atoms with Gasteiger partial charge in [0.1, 0.15) is 5.78 Å². The van der Waals surface area contributed by atoms with E-state index in [2.05, 4.69) is 13.5 Å². The van der Waals surface area contributed by atoms with E-state index in [0.717, 1.165) is 25.7 Å². The molecule has 0 spiro atoms. The van der Waals surface area contributed by atoms with Crippen molar-refractivity contribution in [2.24, 2.45) is 5.92 Å². The molecule has 0 saturated carbocycles. The smallest absolute Gasteiger partial charge is 0.136 e. The molecule has 0 bridgehead atoms. The van der Waals surface area contributed by atoms with E-state index in [9.17, 15) is 4.79 Å². The molecule has 0 aliphatic rings. The van der Waals surface area contributed by atoms with E-state index in [1.807, 2.05) is 13.0 Å². The van der Waals surface area contributed by atoms with Crippen LogP contribution in [0.1, 0.15) is 39.5 Å². The van der Waals surface area contributed by atoms with Gasteiger partial charge in [-0.15, -0.1) is 6.58 Å². The number of carbonyl (C=O) groups excluding carboxylic acids is 1. The standard InChI is InChI=1S/C10H18O/c1-4-7-9(6-3)10(11)8-5-2/h4,9H,1,5-8H2,2-3H3/t9-/m0/s1. The van der Waals surface area contributed by atoms with Crippen molar-refractivity contribution in [3.63, 3.8) is 0 Å². The number of hydrogen-bond acceptors (Lipinski definition) is 1. The minimum Gasteiger partial charge on any atom is -0.299 e. The first-order valence-electron chi connectivity index (χ1n) is 4.39. The third-order valence-electron chi connectivity index (χ3n) is 1.90. The van der Waals surface area contributed by atoms with Crippen LogP contribution >= 0.6 is 0 Å². The first kappa shape index (κ1) is 10.4. The van der Waals surface area contributed by atoms with Gasteiger partial charge in [-0.05, 0) is 19.3 Å². The molecule has 0 unspecified atom stereocenters. The first-order valence-corrected chi connectivity index (χ1v) is 4.39. The van der Waals surface area contributed by atoms with Crippen LogP contribution in [0, 0.1) is 5.92 Å². The van der Waals surface area contributed by atoms with E-state index >= 15 is 0 Å². The summed E-state index contributed by atoms with van der Waals surface area (Å²) in [4.78, 5) is 11.3. The van der Waals surface area contributed by atoms with Crippen LogP contribution in [-0.2, 0) is 4.79 Å². The third kappa shape index (κ3) is 3.97. The summed E-state index contributed by atoms with van der Waals surface area (Å²) in [5.74, 6) is 0.627. The van der Waals surface area contributed by atoms with Gasteiger partial charge in [-0.25, -0.2) is 0 Å². The predicted molar refractivity (Wildman–Crippen MR) is 48.5 cm³/mol. The van der Waals surface area contributed by atoms with Crippen LogP contribution < -0.4 is 0 Å². The van der Waals surface area contributed by atoms with Gasteiger partial charge in [0.05, 0.1) is 0 Å². The molecular formula is C10H18O. The van der Waals surface area contributed by atoms with E-state index in [1.165, 1.54) is 0 Å². The molecule has 0 aliphatic heterocycles. The Bertz CT molecular complexity index is 127. The van der Waals surface area contributed by atoms with Crippen molar-refractivity contribution in [1.29, 1.82) is 0 Å². The number of rotatable bonds is 6. The maximum absolute atomic E-state index is 11.3. The van der Waals surface area contributed by atoms with Crippen LogP contribution in [0.3, 0.4) is 0 Å². The van der Waals surface area contributed by atoms with E-state index in [-0.39, 0.29) is 5.92 Å². The van der Waals surface area contributed by atoms with Gasteiger partial charge in [0, 0.05) is 12.3 Å². The van der Waals surface area contributed by atoms with Gasteiger partial charge in [-0.3, -0.25) is 4.79 Å². The van der Waals surface area contributed by atoms with Crippen molar-refractivity contribution < 1.29 is 4.79 Å². The molecule has 0 rings (SSSR count). The van der Waals surface area contributed by atoms with Crippen molar-refractivity contribution in [2.75, 3.05) is 0 Å². The lowest BCUT2D eigenvalue weighted by molar-refractivity contribution is -0.122. The fourth-order valence-electron chi connectivity index (χ4n) is 1.18. The summed E-state index contributed by atoms with van der Waals surface area (Å²) in [6.45, 7) is 7.74.